The summed E-state index contributed by atoms with van der Waals surface area (Å²) in [5.41, 5.74) is 0. The maximum Gasteiger partial charge on any atom is 0.122 e. The van der Waals surface area contributed by atoms with Gasteiger partial charge >= 0.3 is 0 Å². The molecule has 1 heterocycles. The average Bonchev–Trinajstić information content (AvgIpc) is 2.45. The maximum absolute atomic E-state index is 8.80. The molecule has 78 valence electrons. The van der Waals surface area contributed by atoms with Crippen molar-refractivity contribution in [2.24, 2.45) is 0 Å². The van der Waals surface area contributed by atoms with Crippen LogP contribution in [0.25, 0.3) is 0 Å². The number of rotatable bonds is 4. The van der Waals surface area contributed by atoms with Crippen LogP contribution in [0.5, 0.6) is 0 Å². The van der Waals surface area contributed by atoms with E-state index in [9.17, 15) is 0 Å². The Morgan fingerprint density at radius 3 is 2.79 bits per heavy atom. The van der Waals surface area contributed by atoms with E-state index in [-0.39, 0.29) is 0 Å². The number of hydrogen-bond donors (Lipinski definition) is 0. The van der Waals surface area contributed by atoms with E-state index in [0.717, 1.165) is 6.42 Å². The zero-order valence-electron chi connectivity index (χ0n) is 9.29. The first-order chi connectivity index (χ1) is 6.61. The summed E-state index contributed by atoms with van der Waals surface area (Å²) in [5, 5.41) is 8.80. The van der Waals surface area contributed by atoms with Crippen molar-refractivity contribution in [2.45, 2.75) is 44.4 Å². The molecule has 1 fully saturated rings. The summed E-state index contributed by atoms with van der Waals surface area (Å²) in [7, 11) is -1.17. The van der Waals surface area contributed by atoms with Gasteiger partial charge in [0.25, 0.3) is 0 Å². The van der Waals surface area contributed by atoms with Gasteiger partial charge in [-0.1, -0.05) is 19.2 Å². The minimum atomic E-state index is -1.17. The lowest BCUT2D eigenvalue weighted by molar-refractivity contribution is 0.342. The maximum atomic E-state index is 8.80. The van der Waals surface area contributed by atoms with E-state index in [0.29, 0.717) is 12.5 Å². The Bertz CT molecular complexity index is 242. The topological polar surface area (TPSA) is 27.0 Å². The molecule has 0 aliphatic carbocycles. The van der Waals surface area contributed by atoms with E-state index >= 15 is 0 Å². The van der Waals surface area contributed by atoms with Crippen molar-refractivity contribution in [3.63, 3.8) is 0 Å². The van der Waals surface area contributed by atoms with Gasteiger partial charge in [-0.15, -0.1) is 6.58 Å². The normalized spacial score (nSPS) is 22.9. The van der Waals surface area contributed by atoms with Gasteiger partial charge in [-0.05, 0) is 25.4 Å². The first kappa shape index (κ1) is 11.5. The van der Waals surface area contributed by atoms with Gasteiger partial charge in [-0.25, -0.2) is 0 Å². The molecule has 14 heavy (non-hydrogen) atoms. The zero-order valence-corrected chi connectivity index (χ0v) is 10.3. The lowest BCUT2D eigenvalue weighted by Gasteiger charge is -2.35. The summed E-state index contributed by atoms with van der Waals surface area (Å²) >= 11 is 0. The quantitative estimate of drug-likeness (QED) is 0.525. The minimum absolute atomic E-state index is 0.432. The molecule has 0 aromatic carbocycles. The smallest absolute Gasteiger partial charge is 0.122 e. The van der Waals surface area contributed by atoms with Crippen LogP contribution in [0.3, 0.4) is 0 Å². The van der Waals surface area contributed by atoms with E-state index < -0.39 is 8.24 Å². The molecule has 2 nitrogen and oxygen atoms in total. The first-order valence-electron chi connectivity index (χ1n) is 5.36. The highest BCUT2D eigenvalue weighted by molar-refractivity contribution is 6.75. The van der Waals surface area contributed by atoms with Crippen LogP contribution in [-0.4, -0.2) is 25.4 Å². The second-order valence-electron chi connectivity index (χ2n) is 4.65. The summed E-state index contributed by atoms with van der Waals surface area (Å²) < 4.78 is 2.61. The highest BCUT2D eigenvalue weighted by atomic mass is 28.3. The molecule has 0 spiro atoms. The van der Waals surface area contributed by atoms with Crippen LogP contribution in [-0.2, 0) is 0 Å². The largest absolute Gasteiger partial charge is 0.320 e. The second kappa shape index (κ2) is 4.76. The predicted molar refractivity (Wildman–Crippen MR) is 62.4 cm³/mol. The fourth-order valence-electron chi connectivity index (χ4n) is 2.42. The number of nitrogens with zero attached hydrogens (tertiary/aromatic N) is 2. The number of hydrogen-bond acceptors (Lipinski definition) is 2. The van der Waals surface area contributed by atoms with Gasteiger partial charge in [0, 0.05) is 6.04 Å². The van der Waals surface area contributed by atoms with Crippen LogP contribution in [0.4, 0.5) is 0 Å². The SMILES string of the molecule is C=CCC(CC#N)N1CCC[Si]1(C)C. The highest BCUT2D eigenvalue weighted by Crippen LogP contribution is 2.29. The molecule has 0 amide bonds. The van der Waals surface area contributed by atoms with Crippen LogP contribution < -0.4 is 0 Å². The molecule has 1 saturated heterocycles. The molecular formula is C11H20N2Si. The van der Waals surface area contributed by atoms with E-state index in [1.54, 1.807) is 0 Å². The van der Waals surface area contributed by atoms with Gasteiger partial charge in [0.2, 0.25) is 0 Å². The van der Waals surface area contributed by atoms with Gasteiger partial charge < -0.3 is 4.57 Å². The van der Waals surface area contributed by atoms with E-state index in [4.69, 9.17) is 5.26 Å². The third-order valence-corrected chi connectivity index (χ3v) is 6.89. The molecule has 1 aliphatic rings. The van der Waals surface area contributed by atoms with Crippen molar-refractivity contribution < 1.29 is 0 Å². The summed E-state index contributed by atoms with van der Waals surface area (Å²) in [6.45, 7) is 9.80. The van der Waals surface area contributed by atoms with Crippen molar-refractivity contribution in [1.29, 1.82) is 5.26 Å². The summed E-state index contributed by atoms with van der Waals surface area (Å²) in [5.74, 6) is 0. The van der Waals surface area contributed by atoms with Crippen LogP contribution in [0.1, 0.15) is 19.3 Å². The van der Waals surface area contributed by atoms with Crippen LogP contribution in [0.15, 0.2) is 12.7 Å². The molecule has 0 aromatic heterocycles. The van der Waals surface area contributed by atoms with Crippen LogP contribution >= 0.6 is 0 Å². The lowest BCUT2D eigenvalue weighted by atomic mass is 10.1. The summed E-state index contributed by atoms with van der Waals surface area (Å²) in [6.07, 6.45) is 4.88. The minimum Gasteiger partial charge on any atom is -0.320 e. The standard InChI is InChI=1S/C11H20N2Si/c1-4-6-11(7-8-12)13-9-5-10-14(13,2)3/h4,11H,1,5-7,9-10H2,2-3H3. The van der Waals surface area contributed by atoms with Crippen molar-refractivity contribution in [2.75, 3.05) is 6.54 Å². The fraction of sp³-hybridized carbons (Fsp3) is 0.727. The monoisotopic (exact) mass is 208 g/mol. The second-order valence-corrected chi connectivity index (χ2v) is 9.35. The van der Waals surface area contributed by atoms with Crippen LogP contribution in [0, 0.1) is 11.3 Å². The molecule has 1 rings (SSSR count). The Morgan fingerprint density at radius 2 is 2.36 bits per heavy atom. The Balaban J connectivity index is 2.67. The van der Waals surface area contributed by atoms with Gasteiger partial charge in [0.15, 0.2) is 0 Å². The third kappa shape index (κ3) is 2.46. The lowest BCUT2D eigenvalue weighted by Crippen LogP contribution is -2.49. The molecule has 1 aliphatic heterocycles. The van der Waals surface area contributed by atoms with Crippen LogP contribution in [0.2, 0.25) is 19.1 Å². The Labute approximate surface area is 88.3 Å². The van der Waals surface area contributed by atoms with E-state index in [1.165, 1.54) is 19.0 Å². The van der Waals surface area contributed by atoms with Gasteiger partial charge in [0.1, 0.15) is 8.24 Å². The number of nitriles is 1. The zero-order chi connectivity index (χ0) is 10.6. The Hall–Kier alpha value is -0.593. The van der Waals surface area contributed by atoms with Crippen molar-refractivity contribution in [3.8, 4) is 6.07 Å². The predicted octanol–water partition coefficient (Wildman–Crippen LogP) is 2.76. The first-order valence-corrected chi connectivity index (χ1v) is 8.52. The van der Waals surface area contributed by atoms with E-state index in [1.807, 2.05) is 6.08 Å². The molecular weight excluding hydrogens is 188 g/mol. The Kier molecular flexibility index (Phi) is 3.91. The van der Waals surface area contributed by atoms with Crippen molar-refractivity contribution in [1.82, 2.24) is 4.57 Å². The molecule has 0 radical (unpaired) electrons. The Morgan fingerprint density at radius 1 is 1.64 bits per heavy atom. The fourth-order valence-corrected chi connectivity index (χ4v) is 5.68. The van der Waals surface area contributed by atoms with Gasteiger partial charge in [-0.3, -0.25) is 0 Å². The van der Waals surface area contributed by atoms with Gasteiger partial charge in [-0.2, -0.15) is 5.26 Å². The molecule has 0 N–H and O–H groups in total. The molecule has 0 bridgehead atoms. The average molecular weight is 208 g/mol. The van der Waals surface area contributed by atoms with Crippen molar-refractivity contribution in [3.05, 3.63) is 12.7 Å². The molecule has 0 saturated carbocycles. The molecule has 0 aromatic rings. The highest BCUT2D eigenvalue weighted by Gasteiger charge is 2.37. The molecule has 3 heteroatoms. The third-order valence-electron chi connectivity index (χ3n) is 3.17. The van der Waals surface area contributed by atoms with Crippen molar-refractivity contribution >= 4 is 8.24 Å². The molecule has 1 unspecified atom stereocenters. The summed E-state index contributed by atoms with van der Waals surface area (Å²) in [6, 6.07) is 4.11. The molecule has 1 atom stereocenters. The van der Waals surface area contributed by atoms with Gasteiger partial charge in [0.05, 0.1) is 12.5 Å². The van der Waals surface area contributed by atoms with E-state index in [2.05, 4.69) is 30.3 Å². The summed E-state index contributed by atoms with van der Waals surface area (Å²) in [4.78, 5) is 0.